The van der Waals surface area contributed by atoms with Crippen LogP contribution in [0.1, 0.15) is 20.8 Å². The second kappa shape index (κ2) is 8.49. The van der Waals surface area contributed by atoms with E-state index in [4.69, 9.17) is 14.5 Å². The van der Waals surface area contributed by atoms with E-state index in [-0.39, 0.29) is 12.5 Å². The highest BCUT2D eigenvalue weighted by atomic mass is 127. The number of benzene rings is 1. The highest BCUT2D eigenvalue weighted by molar-refractivity contribution is 14.2. The van der Waals surface area contributed by atoms with E-state index in [0.717, 1.165) is 49.8 Å². The first-order chi connectivity index (χ1) is 16.2. The second-order valence-corrected chi connectivity index (χ2v) is 10.8. The van der Waals surface area contributed by atoms with Crippen LogP contribution in [0.2, 0.25) is 0 Å². The Morgan fingerprint density at radius 1 is 1.18 bits per heavy atom. The Kier molecular flexibility index (Phi) is 5.75. The second-order valence-electron chi connectivity index (χ2n) is 9.10. The van der Waals surface area contributed by atoms with Crippen LogP contribution in [0, 0.1) is 0 Å². The maximum absolute atomic E-state index is 12.7. The molecule has 0 N–H and O–H groups in total. The van der Waals surface area contributed by atoms with Gasteiger partial charge < -0.3 is 14.0 Å². The van der Waals surface area contributed by atoms with Gasteiger partial charge in [0, 0.05) is 77.0 Å². The topological polar surface area (TPSA) is 76.1 Å². The van der Waals surface area contributed by atoms with Gasteiger partial charge in [-0.25, -0.2) is 4.98 Å². The molecular weight excluding hydrogens is 565 g/mol. The number of fused-ring (bicyclic) bond motifs is 4. The lowest BCUT2D eigenvalue weighted by molar-refractivity contribution is -0.155. The van der Waals surface area contributed by atoms with Crippen LogP contribution in [-0.2, 0) is 23.1 Å². The number of aromatic nitrogens is 5. The standard InChI is InChI=1S/C24H24IN5O3S/c1-24(2,3)33-21(31)13-29-12-18(16-8-15(32-5)6-7-19(16)29)20-9-17-22-14(11-27-28(22)4)10-26-23(17)30(20)34-25/h6-12H,13H2,1-5H3. The Morgan fingerprint density at radius 2 is 1.97 bits per heavy atom. The fraction of sp³-hybridized carbons (Fsp3) is 0.292. The van der Waals surface area contributed by atoms with Gasteiger partial charge in [0.15, 0.2) is 5.65 Å². The Morgan fingerprint density at radius 3 is 2.68 bits per heavy atom. The monoisotopic (exact) mass is 589 g/mol. The fourth-order valence-corrected chi connectivity index (χ4v) is 5.93. The fourth-order valence-electron chi connectivity index (χ4n) is 4.30. The van der Waals surface area contributed by atoms with Gasteiger partial charge >= 0.3 is 5.97 Å². The number of esters is 1. The number of methoxy groups -OCH3 is 1. The number of nitrogens with zero attached hydrogens (tertiary/aromatic N) is 5. The number of halogens is 1. The Balaban J connectivity index is 1.74. The molecule has 8 nitrogen and oxygen atoms in total. The zero-order valence-electron chi connectivity index (χ0n) is 19.5. The van der Waals surface area contributed by atoms with Crippen LogP contribution < -0.4 is 4.74 Å². The number of hydrogen-bond donors (Lipinski definition) is 0. The van der Waals surface area contributed by atoms with Crippen LogP contribution in [0.3, 0.4) is 0 Å². The molecule has 10 heteroatoms. The van der Waals surface area contributed by atoms with E-state index >= 15 is 0 Å². The Bertz CT molecular complexity index is 1560. The third-order valence-electron chi connectivity index (χ3n) is 5.63. The summed E-state index contributed by atoms with van der Waals surface area (Å²) in [6.45, 7) is 5.73. The summed E-state index contributed by atoms with van der Waals surface area (Å²) in [7, 11) is 5.15. The first kappa shape index (κ1) is 23.0. The van der Waals surface area contributed by atoms with Gasteiger partial charge in [-0.05, 0) is 45.0 Å². The lowest BCUT2D eigenvalue weighted by atomic mass is 10.1. The van der Waals surface area contributed by atoms with E-state index in [9.17, 15) is 4.79 Å². The maximum atomic E-state index is 12.7. The minimum Gasteiger partial charge on any atom is -0.497 e. The number of carbonyl (C=O) groups excluding carboxylic acids is 1. The van der Waals surface area contributed by atoms with Crippen molar-refractivity contribution in [3.8, 4) is 17.0 Å². The van der Waals surface area contributed by atoms with Gasteiger partial charge in [-0.2, -0.15) is 5.10 Å². The molecule has 0 saturated carbocycles. The van der Waals surface area contributed by atoms with Crippen molar-refractivity contribution in [3.63, 3.8) is 0 Å². The summed E-state index contributed by atoms with van der Waals surface area (Å²) in [5, 5.41) is 7.41. The van der Waals surface area contributed by atoms with Gasteiger partial charge in [-0.3, -0.25) is 13.4 Å². The number of aryl methyl sites for hydroxylation is 1. The van der Waals surface area contributed by atoms with Gasteiger partial charge in [0.1, 0.15) is 17.9 Å². The van der Waals surface area contributed by atoms with Crippen molar-refractivity contribution < 1.29 is 14.3 Å². The van der Waals surface area contributed by atoms with E-state index < -0.39 is 5.60 Å². The quantitative estimate of drug-likeness (QED) is 0.192. The summed E-state index contributed by atoms with van der Waals surface area (Å²) in [6, 6.07) is 8.03. The zero-order chi connectivity index (χ0) is 24.2. The molecule has 0 amide bonds. The third-order valence-corrected chi connectivity index (χ3v) is 7.32. The number of ether oxygens (including phenoxy) is 2. The molecule has 34 heavy (non-hydrogen) atoms. The van der Waals surface area contributed by atoms with Crippen molar-refractivity contribution in [2.45, 2.75) is 32.9 Å². The normalized spacial score (nSPS) is 12.2. The highest BCUT2D eigenvalue weighted by Crippen LogP contribution is 2.40. The van der Waals surface area contributed by atoms with E-state index in [2.05, 4.69) is 36.3 Å². The van der Waals surface area contributed by atoms with Crippen LogP contribution in [0.5, 0.6) is 5.75 Å². The largest absolute Gasteiger partial charge is 0.497 e. The summed E-state index contributed by atoms with van der Waals surface area (Å²) in [5.41, 5.74) is 4.24. The van der Waals surface area contributed by atoms with Gasteiger partial charge in [-0.1, -0.05) is 0 Å². The molecule has 0 fully saturated rings. The van der Waals surface area contributed by atoms with E-state index in [0.29, 0.717) is 0 Å². The first-order valence-electron chi connectivity index (χ1n) is 10.7. The smallest absolute Gasteiger partial charge is 0.326 e. The maximum Gasteiger partial charge on any atom is 0.326 e. The van der Waals surface area contributed by atoms with Crippen LogP contribution in [0.4, 0.5) is 0 Å². The molecule has 0 radical (unpaired) electrons. The number of rotatable bonds is 5. The third kappa shape index (κ3) is 3.92. The predicted molar refractivity (Wildman–Crippen MR) is 144 cm³/mol. The lowest BCUT2D eigenvalue weighted by Crippen LogP contribution is -2.26. The van der Waals surface area contributed by atoms with Crippen molar-refractivity contribution in [2.75, 3.05) is 7.11 Å². The van der Waals surface area contributed by atoms with Crippen molar-refractivity contribution in [3.05, 3.63) is 42.9 Å². The number of hydrogen-bond acceptors (Lipinski definition) is 6. The molecule has 0 aliphatic carbocycles. The van der Waals surface area contributed by atoms with Gasteiger partial charge in [0.25, 0.3) is 0 Å². The molecule has 0 saturated heterocycles. The van der Waals surface area contributed by atoms with E-state index in [1.54, 1.807) is 16.2 Å². The molecule has 0 aliphatic rings. The van der Waals surface area contributed by atoms with Crippen molar-refractivity contribution >= 4 is 69.1 Å². The molecule has 0 unspecified atom stereocenters. The van der Waals surface area contributed by atoms with Gasteiger partial charge in [0.05, 0.1) is 24.5 Å². The van der Waals surface area contributed by atoms with Crippen LogP contribution in [-0.4, -0.2) is 42.0 Å². The zero-order valence-corrected chi connectivity index (χ0v) is 22.5. The lowest BCUT2D eigenvalue weighted by Gasteiger charge is -2.19. The molecule has 176 valence electrons. The molecule has 5 rings (SSSR count). The predicted octanol–water partition coefficient (Wildman–Crippen LogP) is 5.74. The summed E-state index contributed by atoms with van der Waals surface area (Å²) in [4.78, 5) is 17.4. The first-order valence-corrected chi connectivity index (χ1v) is 14.0. The summed E-state index contributed by atoms with van der Waals surface area (Å²) in [6.07, 6.45) is 5.69. The van der Waals surface area contributed by atoms with Gasteiger partial charge in [-0.15, -0.1) is 0 Å². The van der Waals surface area contributed by atoms with E-state index in [1.165, 1.54) is 0 Å². The average molecular weight is 589 g/mol. The summed E-state index contributed by atoms with van der Waals surface area (Å²) >= 11 is 2.27. The van der Waals surface area contributed by atoms with Crippen LogP contribution in [0.25, 0.3) is 44.1 Å². The molecule has 0 atom stereocenters. The SMILES string of the molecule is COc1ccc2c(c1)c(-c1cc3c4c(cnc3n1SI)cnn4C)cn2CC(=O)OC(C)(C)C. The van der Waals surface area contributed by atoms with Crippen molar-refractivity contribution in [2.24, 2.45) is 7.05 Å². The molecule has 5 aromatic rings. The Hall–Kier alpha value is -2.73. The minimum atomic E-state index is -0.545. The minimum absolute atomic E-state index is 0.113. The summed E-state index contributed by atoms with van der Waals surface area (Å²) < 4.78 is 17.0. The van der Waals surface area contributed by atoms with Gasteiger partial charge in [0.2, 0.25) is 0 Å². The molecule has 0 bridgehead atoms. The number of carbonyl (C=O) groups is 1. The molecule has 0 spiro atoms. The number of pyridine rings is 1. The average Bonchev–Trinajstić information content (AvgIpc) is 3.44. The van der Waals surface area contributed by atoms with E-state index in [1.807, 2.05) is 73.9 Å². The van der Waals surface area contributed by atoms with Crippen LogP contribution >= 0.6 is 30.3 Å². The molecular formula is C24H24IN5O3S. The summed E-state index contributed by atoms with van der Waals surface area (Å²) in [5.74, 6) is 0.467. The molecule has 4 heterocycles. The van der Waals surface area contributed by atoms with Crippen LogP contribution in [0.15, 0.2) is 42.9 Å². The molecule has 0 aliphatic heterocycles. The molecule has 1 aromatic carbocycles. The van der Waals surface area contributed by atoms with Crippen molar-refractivity contribution in [1.29, 1.82) is 0 Å². The highest BCUT2D eigenvalue weighted by Gasteiger charge is 2.22. The Labute approximate surface area is 212 Å². The molecule has 4 aromatic heterocycles. The van der Waals surface area contributed by atoms with Crippen molar-refractivity contribution in [1.82, 2.24) is 23.3 Å².